The number of hydrogen-bond donors (Lipinski definition) is 2. The van der Waals surface area contributed by atoms with Gasteiger partial charge in [0.2, 0.25) is 5.91 Å². The van der Waals surface area contributed by atoms with Crippen LogP contribution in [0, 0.1) is 0 Å². The van der Waals surface area contributed by atoms with Gasteiger partial charge in [0.25, 0.3) is 5.91 Å². The van der Waals surface area contributed by atoms with Gasteiger partial charge in [-0.15, -0.1) is 0 Å². The number of ether oxygens (including phenoxy) is 1. The number of benzene rings is 2. The van der Waals surface area contributed by atoms with E-state index in [-0.39, 0.29) is 17.9 Å². The molecule has 0 bridgehead atoms. The average Bonchev–Trinajstić information content (AvgIpc) is 2.71. The summed E-state index contributed by atoms with van der Waals surface area (Å²) in [7, 11) is 1.49. The van der Waals surface area contributed by atoms with Crippen LogP contribution in [-0.4, -0.2) is 43.0 Å². The molecule has 7 heteroatoms. The highest BCUT2D eigenvalue weighted by Crippen LogP contribution is 2.31. The summed E-state index contributed by atoms with van der Waals surface area (Å²) in [5.74, 6) is -0.0924. The maximum atomic E-state index is 12.8. The monoisotopic (exact) mass is 415 g/mol. The Morgan fingerprint density at radius 3 is 2.48 bits per heavy atom. The summed E-state index contributed by atoms with van der Waals surface area (Å²) in [5.41, 5.74) is 2.08. The standard InChI is InChI=1S/C22H26ClN3O3/c1-15(27)24-20-13-21(29-2)18(12-19(20)23)22(28)25-17-8-10-26(11-9-17)14-16-6-4-3-5-7-16/h3-7,12-13,17H,8-11,14H2,1-2H3,(H,24,27)(H,25,28). The van der Waals surface area contributed by atoms with Gasteiger partial charge in [-0.25, -0.2) is 0 Å². The van der Waals surface area contributed by atoms with Crippen LogP contribution in [0.5, 0.6) is 5.75 Å². The van der Waals surface area contributed by atoms with Crippen molar-refractivity contribution < 1.29 is 14.3 Å². The first-order chi connectivity index (χ1) is 14.0. The van der Waals surface area contributed by atoms with E-state index in [0.717, 1.165) is 32.5 Å². The number of halogens is 1. The summed E-state index contributed by atoms with van der Waals surface area (Å²) in [6.07, 6.45) is 1.77. The number of hydrogen-bond acceptors (Lipinski definition) is 4. The maximum absolute atomic E-state index is 12.8. The van der Waals surface area contributed by atoms with Crippen LogP contribution in [0.3, 0.4) is 0 Å². The summed E-state index contributed by atoms with van der Waals surface area (Å²) >= 11 is 6.23. The van der Waals surface area contributed by atoms with E-state index in [1.54, 1.807) is 6.07 Å². The van der Waals surface area contributed by atoms with Crippen LogP contribution in [0.15, 0.2) is 42.5 Å². The number of rotatable bonds is 6. The highest BCUT2D eigenvalue weighted by Gasteiger charge is 2.23. The van der Waals surface area contributed by atoms with Crippen molar-refractivity contribution in [1.82, 2.24) is 10.2 Å². The third-order valence-corrected chi connectivity index (χ3v) is 5.33. The molecule has 0 unspecified atom stereocenters. The molecule has 2 N–H and O–H groups in total. The molecule has 0 spiro atoms. The van der Waals surface area contributed by atoms with Gasteiger partial charge in [-0.3, -0.25) is 14.5 Å². The molecule has 1 aliphatic heterocycles. The molecule has 1 saturated heterocycles. The van der Waals surface area contributed by atoms with Crippen molar-refractivity contribution in [1.29, 1.82) is 0 Å². The normalized spacial score (nSPS) is 15.0. The van der Waals surface area contributed by atoms with Crippen LogP contribution >= 0.6 is 11.6 Å². The molecular weight excluding hydrogens is 390 g/mol. The van der Waals surface area contributed by atoms with E-state index in [0.29, 0.717) is 22.0 Å². The molecule has 0 atom stereocenters. The fraction of sp³-hybridized carbons (Fsp3) is 0.364. The Labute approximate surface area is 176 Å². The summed E-state index contributed by atoms with van der Waals surface area (Å²) in [6.45, 7) is 4.18. The third-order valence-electron chi connectivity index (χ3n) is 5.02. The van der Waals surface area contributed by atoms with E-state index in [1.807, 2.05) is 6.07 Å². The number of carbonyl (C=O) groups excluding carboxylic acids is 2. The second-order valence-electron chi connectivity index (χ2n) is 7.22. The van der Waals surface area contributed by atoms with Gasteiger partial charge in [0.1, 0.15) is 5.75 Å². The molecule has 2 aromatic carbocycles. The SMILES string of the molecule is COc1cc(NC(C)=O)c(Cl)cc1C(=O)NC1CCN(Cc2ccccc2)CC1. The zero-order valence-corrected chi connectivity index (χ0v) is 17.5. The zero-order chi connectivity index (χ0) is 20.8. The molecule has 3 rings (SSSR count). The van der Waals surface area contributed by atoms with Crippen molar-refractivity contribution in [3.05, 3.63) is 58.6 Å². The van der Waals surface area contributed by atoms with Gasteiger partial charge in [0, 0.05) is 38.7 Å². The number of anilines is 1. The van der Waals surface area contributed by atoms with Gasteiger partial charge in [0.15, 0.2) is 0 Å². The summed E-state index contributed by atoms with van der Waals surface area (Å²) in [4.78, 5) is 26.5. The summed E-state index contributed by atoms with van der Waals surface area (Å²) in [6, 6.07) is 13.6. The van der Waals surface area contributed by atoms with E-state index in [2.05, 4.69) is 39.8 Å². The Bertz CT molecular complexity index is 865. The van der Waals surface area contributed by atoms with Gasteiger partial charge < -0.3 is 15.4 Å². The first-order valence-corrected chi connectivity index (χ1v) is 10.1. The minimum absolute atomic E-state index is 0.105. The minimum Gasteiger partial charge on any atom is -0.496 e. The lowest BCUT2D eigenvalue weighted by Gasteiger charge is -2.32. The Kier molecular flexibility index (Phi) is 7.12. The molecule has 1 aliphatic rings. The largest absolute Gasteiger partial charge is 0.496 e. The van der Waals surface area contributed by atoms with Crippen molar-refractivity contribution in [2.24, 2.45) is 0 Å². The zero-order valence-electron chi connectivity index (χ0n) is 16.7. The molecule has 6 nitrogen and oxygen atoms in total. The fourth-order valence-electron chi connectivity index (χ4n) is 3.53. The van der Waals surface area contributed by atoms with Crippen molar-refractivity contribution in [3.8, 4) is 5.75 Å². The Morgan fingerprint density at radius 1 is 1.17 bits per heavy atom. The minimum atomic E-state index is -0.242. The molecule has 0 aromatic heterocycles. The molecule has 0 aliphatic carbocycles. The number of piperidine rings is 1. The van der Waals surface area contributed by atoms with Crippen molar-refractivity contribution in [3.63, 3.8) is 0 Å². The molecule has 0 radical (unpaired) electrons. The second-order valence-corrected chi connectivity index (χ2v) is 7.63. The van der Waals surface area contributed by atoms with Crippen LogP contribution in [0.1, 0.15) is 35.7 Å². The number of nitrogens with one attached hydrogen (secondary N) is 2. The third kappa shape index (κ3) is 5.71. The predicted molar refractivity (Wildman–Crippen MR) is 115 cm³/mol. The predicted octanol–water partition coefficient (Wildman–Crippen LogP) is 3.70. The van der Waals surface area contributed by atoms with Gasteiger partial charge in [-0.05, 0) is 24.5 Å². The van der Waals surface area contributed by atoms with Gasteiger partial charge in [-0.2, -0.15) is 0 Å². The molecular formula is C22H26ClN3O3. The molecule has 2 amide bonds. The lowest BCUT2D eigenvalue weighted by Crippen LogP contribution is -2.44. The number of likely N-dealkylation sites (tertiary alicyclic amines) is 1. The van der Waals surface area contributed by atoms with Gasteiger partial charge in [-0.1, -0.05) is 41.9 Å². The Hall–Kier alpha value is -2.57. The Balaban J connectivity index is 1.59. The maximum Gasteiger partial charge on any atom is 0.255 e. The number of methoxy groups -OCH3 is 1. The van der Waals surface area contributed by atoms with Gasteiger partial charge >= 0.3 is 0 Å². The first-order valence-electron chi connectivity index (χ1n) is 9.68. The van der Waals surface area contributed by atoms with Crippen LogP contribution in [0.4, 0.5) is 5.69 Å². The molecule has 2 aromatic rings. The fourth-order valence-corrected chi connectivity index (χ4v) is 3.74. The first kappa shape index (κ1) is 21.1. The molecule has 154 valence electrons. The lowest BCUT2D eigenvalue weighted by atomic mass is 10.0. The smallest absolute Gasteiger partial charge is 0.255 e. The number of carbonyl (C=O) groups is 2. The van der Waals surface area contributed by atoms with Gasteiger partial charge in [0.05, 0.1) is 23.4 Å². The molecule has 1 fully saturated rings. The van der Waals surface area contributed by atoms with Crippen molar-refractivity contribution in [2.75, 3.05) is 25.5 Å². The average molecular weight is 416 g/mol. The molecule has 1 heterocycles. The van der Waals surface area contributed by atoms with E-state index < -0.39 is 0 Å². The van der Waals surface area contributed by atoms with Crippen LogP contribution in [-0.2, 0) is 11.3 Å². The quantitative estimate of drug-likeness (QED) is 0.754. The lowest BCUT2D eigenvalue weighted by molar-refractivity contribution is -0.114. The van der Waals surface area contributed by atoms with Crippen LogP contribution in [0.25, 0.3) is 0 Å². The summed E-state index contributed by atoms with van der Waals surface area (Å²) in [5, 5.41) is 6.02. The Morgan fingerprint density at radius 2 is 1.86 bits per heavy atom. The van der Waals surface area contributed by atoms with E-state index in [4.69, 9.17) is 16.3 Å². The van der Waals surface area contributed by atoms with Crippen LogP contribution in [0.2, 0.25) is 5.02 Å². The highest BCUT2D eigenvalue weighted by atomic mass is 35.5. The van der Waals surface area contributed by atoms with Crippen molar-refractivity contribution >= 4 is 29.1 Å². The summed E-state index contributed by atoms with van der Waals surface area (Å²) < 4.78 is 5.34. The van der Waals surface area contributed by atoms with E-state index in [1.165, 1.54) is 25.7 Å². The van der Waals surface area contributed by atoms with Crippen LogP contribution < -0.4 is 15.4 Å². The number of amides is 2. The van der Waals surface area contributed by atoms with E-state index >= 15 is 0 Å². The highest BCUT2D eigenvalue weighted by molar-refractivity contribution is 6.34. The number of nitrogens with zero attached hydrogens (tertiary/aromatic N) is 1. The van der Waals surface area contributed by atoms with Crippen molar-refractivity contribution in [2.45, 2.75) is 32.4 Å². The topological polar surface area (TPSA) is 70.7 Å². The molecule has 0 saturated carbocycles. The van der Waals surface area contributed by atoms with E-state index in [9.17, 15) is 9.59 Å². The molecule has 29 heavy (non-hydrogen) atoms. The second kappa shape index (κ2) is 9.76.